The zero-order valence-electron chi connectivity index (χ0n) is 8.08. The van der Waals surface area contributed by atoms with Crippen molar-refractivity contribution in [2.45, 2.75) is 26.7 Å². The molecule has 0 amide bonds. The molecule has 0 spiro atoms. The van der Waals surface area contributed by atoms with E-state index in [4.69, 9.17) is 4.52 Å². The monoisotopic (exact) mass is 190 g/mol. The van der Waals surface area contributed by atoms with Gasteiger partial charge in [0.15, 0.2) is 0 Å². The van der Waals surface area contributed by atoms with Crippen LogP contribution in [0, 0.1) is 0 Å². The minimum atomic E-state index is -2.35. The van der Waals surface area contributed by atoms with Gasteiger partial charge in [0.1, 0.15) is 0 Å². The molecule has 2 nitrogen and oxygen atoms in total. The van der Waals surface area contributed by atoms with Gasteiger partial charge in [0.2, 0.25) is 7.37 Å². The van der Waals surface area contributed by atoms with Crippen molar-refractivity contribution in [2.24, 2.45) is 0 Å². The van der Waals surface area contributed by atoms with Gasteiger partial charge in [-0.25, -0.2) is 0 Å². The Morgan fingerprint density at radius 3 is 2.58 bits per heavy atom. The molecule has 3 heteroatoms. The third kappa shape index (κ3) is 4.74. The van der Waals surface area contributed by atoms with Crippen LogP contribution < -0.4 is 0 Å². The highest BCUT2D eigenvalue weighted by atomic mass is 31.2. The normalized spacial score (nSPS) is 15.5. The second kappa shape index (κ2) is 6.45. The summed E-state index contributed by atoms with van der Waals surface area (Å²) in [7, 11) is -2.35. The lowest BCUT2D eigenvalue weighted by Gasteiger charge is -2.14. The molecule has 72 valence electrons. The van der Waals surface area contributed by atoms with Crippen LogP contribution in [0.5, 0.6) is 0 Å². The smallest absolute Gasteiger partial charge is 0.206 e. The first-order chi connectivity index (χ1) is 5.68. The van der Waals surface area contributed by atoms with Gasteiger partial charge in [0, 0.05) is 12.3 Å². The molecule has 0 aromatic carbocycles. The SMILES string of the molecule is C=CC[P@@](=O)(CC)OCCCC. The molecule has 0 aliphatic rings. The molecule has 0 N–H and O–H groups in total. The molecule has 0 radical (unpaired) electrons. The summed E-state index contributed by atoms with van der Waals surface area (Å²) in [4.78, 5) is 0. The first kappa shape index (κ1) is 11.9. The number of hydrogen-bond donors (Lipinski definition) is 0. The van der Waals surface area contributed by atoms with Crippen LogP contribution in [0.4, 0.5) is 0 Å². The maximum Gasteiger partial charge on any atom is 0.206 e. The average molecular weight is 190 g/mol. The minimum Gasteiger partial charge on any atom is -0.328 e. The van der Waals surface area contributed by atoms with Crippen molar-refractivity contribution in [1.29, 1.82) is 0 Å². The third-order valence-electron chi connectivity index (χ3n) is 1.71. The maximum atomic E-state index is 11.8. The quantitative estimate of drug-likeness (QED) is 0.350. The van der Waals surface area contributed by atoms with Crippen LogP contribution >= 0.6 is 7.37 Å². The molecular formula is C9H19O2P. The van der Waals surface area contributed by atoms with Crippen molar-refractivity contribution in [3.63, 3.8) is 0 Å². The van der Waals surface area contributed by atoms with E-state index in [1.165, 1.54) is 0 Å². The molecule has 0 saturated carbocycles. The lowest BCUT2D eigenvalue weighted by molar-refractivity contribution is 0.308. The van der Waals surface area contributed by atoms with Crippen LogP contribution in [0.25, 0.3) is 0 Å². The lowest BCUT2D eigenvalue weighted by atomic mass is 10.4. The predicted molar refractivity (Wildman–Crippen MR) is 54.1 cm³/mol. The summed E-state index contributed by atoms with van der Waals surface area (Å²) < 4.78 is 17.1. The first-order valence-electron chi connectivity index (χ1n) is 4.52. The molecule has 1 atom stereocenters. The van der Waals surface area contributed by atoms with Crippen LogP contribution in [-0.2, 0) is 9.09 Å². The molecule has 0 aromatic rings. The van der Waals surface area contributed by atoms with Crippen molar-refractivity contribution in [3.05, 3.63) is 12.7 Å². The van der Waals surface area contributed by atoms with E-state index in [9.17, 15) is 4.57 Å². The molecule has 0 rings (SSSR count). The Morgan fingerprint density at radius 2 is 2.17 bits per heavy atom. The average Bonchev–Trinajstić information content (AvgIpc) is 2.06. The highest BCUT2D eigenvalue weighted by molar-refractivity contribution is 7.59. The number of hydrogen-bond acceptors (Lipinski definition) is 2. The van der Waals surface area contributed by atoms with Crippen molar-refractivity contribution < 1.29 is 9.09 Å². The van der Waals surface area contributed by atoms with E-state index in [-0.39, 0.29) is 0 Å². The molecular weight excluding hydrogens is 171 g/mol. The summed E-state index contributed by atoms with van der Waals surface area (Å²) in [5, 5.41) is 0. The summed E-state index contributed by atoms with van der Waals surface area (Å²) in [5.41, 5.74) is 0. The third-order valence-corrected chi connectivity index (χ3v) is 4.14. The second-order valence-electron chi connectivity index (χ2n) is 2.79. The Labute approximate surface area is 75.5 Å². The fourth-order valence-corrected chi connectivity index (χ4v) is 2.25. The van der Waals surface area contributed by atoms with Crippen molar-refractivity contribution in [2.75, 3.05) is 18.9 Å². The molecule has 0 aromatic heterocycles. The highest BCUT2D eigenvalue weighted by Gasteiger charge is 2.17. The molecule has 0 unspecified atom stereocenters. The van der Waals surface area contributed by atoms with Gasteiger partial charge in [-0.15, -0.1) is 6.58 Å². The van der Waals surface area contributed by atoms with Gasteiger partial charge >= 0.3 is 0 Å². The molecule has 12 heavy (non-hydrogen) atoms. The van der Waals surface area contributed by atoms with Gasteiger partial charge in [0.25, 0.3) is 0 Å². The maximum absolute atomic E-state index is 11.8. The zero-order valence-corrected chi connectivity index (χ0v) is 8.98. The summed E-state index contributed by atoms with van der Waals surface area (Å²) in [6.45, 7) is 8.18. The summed E-state index contributed by atoms with van der Waals surface area (Å²) in [6.07, 6.45) is 4.87. The predicted octanol–water partition coefficient (Wildman–Crippen LogP) is 3.29. The van der Waals surface area contributed by atoms with E-state index in [2.05, 4.69) is 13.5 Å². The Morgan fingerprint density at radius 1 is 1.50 bits per heavy atom. The van der Waals surface area contributed by atoms with Crippen molar-refractivity contribution in [1.82, 2.24) is 0 Å². The van der Waals surface area contributed by atoms with E-state index in [1.807, 2.05) is 6.92 Å². The summed E-state index contributed by atoms with van der Waals surface area (Å²) >= 11 is 0. The fourth-order valence-electron chi connectivity index (χ4n) is 0.845. The van der Waals surface area contributed by atoms with Gasteiger partial charge < -0.3 is 4.52 Å². The standard InChI is InChI=1S/C9H19O2P/c1-4-7-8-11-12(10,6-3)9-5-2/h5H,2,4,6-9H2,1,3H3/t12-/m1/s1. The van der Waals surface area contributed by atoms with Gasteiger partial charge in [-0.3, -0.25) is 4.57 Å². The van der Waals surface area contributed by atoms with Crippen molar-refractivity contribution in [3.8, 4) is 0 Å². The van der Waals surface area contributed by atoms with Gasteiger partial charge in [0.05, 0.1) is 6.61 Å². The Hall–Kier alpha value is -0.0700. The van der Waals surface area contributed by atoms with E-state index in [0.29, 0.717) is 18.9 Å². The van der Waals surface area contributed by atoms with E-state index < -0.39 is 7.37 Å². The van der Waals surface area contributed by atoms with Crippen LogP contribution in [0.1, 0.15) is 26.7 Å². The van der Waals surface area contributed by atoms with Crippen LogP contribution in [0.15, 0.2) is 12.7 Å². The zero-order chi connectivity index (χ0) is 9.45. The fraction of sp³-hybridized carbons (Fsp3) is 0.778. The van der Waals surface area contributed by atoms with Crippen LogP contribution in [0.3, 0.4) is 0 Å². The molecule has 0 fully saturated rings. The molecule has 0 bridgehead atoms. The number of unbranched alkanes of at least 4 members (excludes halogenated alkanes) is 1. The number of allylic oxidation sites excluding steroid dienone is 1. The summed E-state index contributed by atoms with van der Waals surface area (Å²) in [5.74, 6) is 0. The largest absolute Gasteiger partial charge is 0.328 e. The molecule has 0 aliphatic carbocycles. The first-order valence-corrected chi connectivity index (χ1v) is 6.51. The molecule has 0 saturated heterocycles. The van der Waals surface area contributed by atoms with Gasteiger partial charge in [-0.05, 0) is 6.42 Å². The molecule has 0 heterocycles. The van der Waals surface area contributed by atoms with Crippen LogP contribution in [0.2, 0.25) is 0 Å². The minimum absolute atomic E-state index is 0.507. The van der Waals surface area contributed by atoms with E-state index in [0.717, 1.165) is 12.8 Å². The number of rotatable bonds is 7. The Kier molecular flexibility index (Phi) is 6.41. The summed E-state index contributed by atoms with van der Waals surface area (Å²) in [6, 6.07) is 0. The molecule has 0 aliphatic heterocycles. The van der Waals surface area contributed by atoms with E-state index in [1.54, 1.807) is 6.08 Å². The van der Waals surface area contributed by atoms with Crippen molar-refractivity contribution >= 4 is 7.37 Å². The van der Waals surface area contributed by atoms with Gasteiger partial charge in [-0.2, -0.15) is 0 Å². The topological polar surface area (TPSA) is 26.3 Å². The van der Waals surface area contributed by atoms with E-state index >= 15 is 0 Å². The Balaban J connectivity index is 3.79. The van der Waals surface area contributed by atoms with Gasteiger partial charge in [-0.1, -0.05) is 26.3 Å². The highest BCUT2D eigenvalue weighted by Crippen LogP contribution is 2.46. The Bertz CT molecular complexity index is 166. The van der Waals surface area contributed by atoms with Crippen LogP contribution in [-0.4, -0.2) is 18.9 Å². The second-order valence-corrected chi connectivity index (χ2v) is 5.67. The lowest BCUT2D eigenvalue weighted by Crippen LogP contribution is -1.97.